The number of carbonyl (C=O) groups excluding carboxylic acids is 1. The molecule has 1 atom stereocenters. The first kappa shape index (κ1) is 27.1. The summed E-state index contributed by atoms with van der Waals surface area (Å²) in [5.41, 5.74) is -1.95. The molecule has 0 unspecified atom stereocenters. The van der Waals surface area contributed by atoms with Gasteiger partial charge in [0.1, 0.15) is 0 Å². The zero-order chi connectivity index (χ0) is 23.5. The second-order valence-corrected chi connectivity index (χ2v) is 9.61. The molecular formula is C22H27ClF3N3O3S. The molecule has 1 heterocycles. The van der Waals surface area contributed by atoms with E-state index in [1.807, 2.05) is 0 Å². The summed E-state index contributed by atoms with van der Waals surface area (Å²) in [5, 5.41) is 5.46. The maximum absolute atomic E-state index is 13.9. The Labute approximate surface area is 197 Å². The molecule has 0 aliphatic carbocycles. The molecule has 11 heteroatoms. The molecule has 1 saturated heterocycles. The van der Waals surface area contributed by atoms with Gasteiger partial charge in [-0.3, -0.25) is 4.79 Å². The van der Waals surface area contributed by atoms with E-state index in [1.54, 1.807) is 25.1 Å². The minimum Gasteiger partial charge on any atom is -0.321 e. The van der Waals surface area contributed by atoms with Crippen molar-refractivity contribution in [1.29, 1.82) is 0 Å². The molecular weight excluding hydrogens is 479 g/mol. The van der Waals surface area contributed by atoms with Crippen LogP contribution in [0, 0.1) is 12.8 Å². The van der Waals surface area contributed by atoms with Gasteiger partial charge in [-0.1, -0.05) is 18.2 Å². The highest BCUT2D eigenvalue weighted by Gasteiger charge is 2.38. The quantitative estimate of drug-likeness (QED) is 0.544. The molecule has 2 aromatic rings. The number of piperidine rings is 1. The molecule has 1 aliphatic heterocycles. The predicted molar refractivity (Wildman–Crippen MR) is 123 cm³/mol. The van der Waals surface area contributed by atoms with Crippen molar-refractivity contribution in [3.63, 3.8) is 0 Å². The molecule has 0 spiro atoms. The Hall–Kier alpha value is -2.14. The summed E-state index contributed by atoms with van der Waals surface area (Å²) in [5.74, 6) is -0.624. The van der Waals surface area contributed by atoms with Crippen LogP contribution >= 0.6 is 12.4 Å². The van der Waals surface area contributed by atoms with Crippen molar-refractivity contribution in [3.8, 4) is 0 Å². The predicted octanol–water partition coefficient (Wildman–Crippen LogP) is 4.35. The number of halogens is 4. The number of carbonyl (C=O) groups is 1. The number of hydrogen-bond acceptors (Lipinski definition) is 4. The number of sulfonamides is 1. The maximum atomic E-state index is 13.9. The number of rotatable bonds is 6. The lowest BCUT2D eigenvalue weighted by Gasteiger charge is -2.29. The number of nitrogens with one attached hydrogen (secondary N) is 3. The maximum Gasteiger partial charge on any atom is 0.418 e. The van der Waals surface area contributed by atoms with Gasteiger partial charge in [-0.15, -0.1) is 12.4 Å². The van der Waals surface area contributed by atoms with E-state index in [1.165, 1.54) is 12.1 Å². The summed E-state index contributed by atoms with van der Waals surface area (Å²) in [6, 6.07) is 9.47. The second kappa shape index (κ2) is 10.9. The molecule has 0 radical (unpaired) electrons. The summed E-state index contributed by atoms with van der Waals surface area (Å²) < 4.78 is 70.2. The molecule has 2 aromatic carbocycles. The molecule has 182 valence electrons. The van der Waals surface area contributed by atoms with Crippen LogP contribution in [-0.2, 0) is 16.2 Å². The lowest BCUT2D eigenvalue weighted by Crippen LogP contribution is -2.42. The Balaban J connectivity index is 0.00000385. The van der Waals surface area contributed by atoms with E-state index in [0.717, 1.165) is 45.0 Å². The van der Waals surface area contributed by atoms with Crippen molar-refractivity contribution < 1.29 is 26.4 Å². The van der Waals surface area contributed by atoms with Crippen molar-refractivity contribution in [3.05, 3.63) is 59.2 Å². The molecule has 0 bridgehead atoms. The first-order valence-electron chi connectivity index (χ1n) is 10.3. The average molecular weight is 506 g/mol. The standard InChI is InChI=1S/C22H26F3N3O3S.ClH/c1-14-19(32(30,31)28-15(2)16-10-12-26-13-11-16)9-8-18(20(14)22(23,24)25)27-21(29)17-6-4-3-5-7-17;/h3-9,15-16,26,28H,10-13H2,1-2H3,(H,27,29);1H/t15-;/m1./s1. The summed E-state index contributed by atoms with van der Waals surface area (Å²) in [6.45, 7) is 4.36. The minimum absolute atomic E-state index is 0. The number of benzene rings is 2. The van der Waals surface area contributed by atoms with E-state index in [2.05, 4.69) is 15.4 Å². The molecule has 1 aliphatic rings. The molecule has 33 heavy (non-hydrogen) atoms. The number of amides is 1. The summed E-state index contributed by atoms with van der Waals surface area (Å²) in [7, 11) is -4.20. The van der Waals surface area contributed by atoms with E-state index >= 15 is 0 Å². The largest absolute Gasteiger partial charge is 0.418 e. The summed E-state index contributed by atoms with van der Waals surface area (Å²) in [6.07, 6.45) is -3.31. The Kier molecular flexibility index (Phi) is 8.92. The van der Waals surface area contributed by atoms with Gasteiger partial charge in [-0.05, 0) is 75.5 Å². The molecule has 0 aromatic heterocycles. The summed E-state index contributed by atoms with van der Waals surface area (Å²) in [4.78, 5) is 11.9. The van der Waals surface area contributed by atoms with Crippen LogP contribution in [0.25, 0.3) is 0 Å². The lowest BCUT2D eigenvalue weighted by molar-refractivity contribution is -0.137. The van der Waals surface area contributed by atoms with Gasteiger partial charge < -0.3 is 10.6 Å². The van der Waals surface area contributed by atoms with E-state index in [4.69, 9.17) is 0 Å². The molecule has 0 saturated carbocycles. The number of anilines is 1. The highest BCUT2D eigenvalue weighted by atomic mass is 35.5. The van der Waals surface area contributed by atoms with Gasteiger partial charge in [0.25, 0.3) is 5.91 Å². The fourth-order valence-corrected chi connectivity index (χ4v) is 5.55. The zero-order valence-corrected chi connectivity index (χ0v) is 19.8. The minimum atomic E-state index is -4.87. The van der Waals surface area contributed by atoms with Crippen molar-refractivity contribution in [1.82, 2.24) is 10.0 Å². The number of alkyl halides is 3. The van der Waals surface area contributed by atoms with Gasteiger partial charge in [0.2, 0.25) is 10.0 Å². The fraction of sp³-hybridized carbons (Fsp3) is 0.409. The van der Waals surface area contributed by atoms with Gasteiger partial charge in [0, 0.05) is 11.6 Å². The first-order chi connectivity index (χ1) is 15.0. The van der Waals surface area contributed by atoms with E-state index in [0.29, 0.717) is 0 Å². The van der Waals surface area contributed by atoms with E-state index < -0.39 is 49.9 Å². The van der Waals surface area contributed by atoms with Gasteiger partial charge in [0.05, 0.1) is 16.1 Å². The average Bonchev–Trinajstić information content (AvgIpc) is 2.73. The Bertz CT molecular complexity index is 1070. The van der Waals surface area contributed by atoms with Crippen molar-refractivity contribution in [2.45, 2.75) is 43.8 Å². The highest BCUT2D eigenvalue weighted by Crippen LogP contribution is 2.40. The van der Waals surface area contributed by atoms with Crippen LogP contribution in [0.5, 0.6) is 0 Å². The Morgan fingerprint density at radius 2 is 1.70 bits per heavy atom. The number of hydrogen-bond donors (Lipinski definition) is 3. The molecule has 1 amide bonds. The second-order valence-electron chi connectivity index (χ2n) is 7.93. The molecule has 1 fully saturated rings. The van der Waals surface area contributed by atoms with Gasteiger partial charge in [-0.2, -0.15) is 13.2 Å². The first-order valence-corrected chi connectivity index (χ1v) is 11.8. The third kappa shape index (κ3) is 6.47. The van der Waals surface area contributed by atoms with Crippen LogP contribution in [0.2, 0.25) is 0 Å². The fourth-order valence-electron chi connectivity index (χ4n) is 3.99. The molecule has 3 N–H and O–H groups in total. The van der Waals surface area contributed by atoms with E-state index in [9.17, 15) is 26.4 Å². The molecule has 3 rings (SSSR count). The lowest BCUT2D eigenvalue weighted by atomic mass is 9.92. The SMILES string of the molecule is Cc1c(S(=O)(=O)N[C@H](C)C2CCNCC2)ccc(NC(=O)c2ccccc2)c1C(F)(F)F.Cl. The van der Waals surface area contributed by atoms with Crippen molar-refractivity contribution in [2.24, 2.45) is 5.92 Å². The highest BCUT2D eigenvalue weighted by molar-refractivity contribution is 7.89. The van der Waals surface area contributed by atoms with Crippen LogP contribution in [0.15, 0.2) is 47.4 Å². The van der Waals surface area contributed by atoms with Gasteiger partial charge in [0.15, 0.2) is 0 Å². The summed E-state index contributed by atoms with van der Waals surface area (Å²) >= 11 is 0. The zero-order valence-electron chi connectivity index (χ0n) is 18.2. The van der Waals surface area contributed by atoms with Crippen LogP contribution in [-0.4, -0.2) is 33.5 Å². The van der Waals surface area contributed by atoms with Crippen LogP contribution in [0.4, 0.5) is 18.9 Å². The van der Waals surface area contributed by atoms with Crippen molar-refractivity contribution >= 4 is 34.0 Å². The van der Waals surface area contributed by atoms with Gasteiger partial charge >= 0.3 is 6.18 Å². The normalized spacial score (nSPS) is 16.0. The topological polar surface area (TPSA) is 87.3 Å². The monoisotopic (exact) mass is 505 g/mol. The van der Waals surface area contributed by atoms with Gasteiger partial charge in [-0.25, -0.2) is 13.1 Å². The Morgan fingerprint density at radius 1 is 1.09 bits per heavy atom. The van der Waals surface area contributed by atoms with Crippen LogP contribution in [0.3, 0.4) is 0 Å². The van der Waals surface area contributed by atoms with Crippen LogP contribution in [0.1, 0.15) is 41.3 Å². The smallest absolute Gasteiger partial charge is 0.321 e. The molecule has 6 nitrogen and oxygen atoms in total. The van der Waals surface area contributed by atoms with Crippen molar-refractivity contribution in [2.75, 3.05) is 18.4 Å². The third-order valence-electron chi connectivity index (χ3n) is 5.70. The van der Waals surface area contributed by atoms with Crippen LogP contribution < -0.4 is 15.4 Å². The van der Waals surface area contributed by atoms with E-state index in [-0.39, 0.29) is 23.9 Å². The Morgan fingerprint density at radius 3 is 2.27 bits per heavy atom. The third-order valence-corrected chi connectivity index (χ3v) is 7.41.